The van der Waals surface area contributed by atoms with Crippen LogP contribution in [0.1, 0.15) is 12.5 Å². The van der Waals surface area contributed by atoms with Crippen LogP contribution in [0, 0.1) is 6.92 Å². The number of halogens is 4. The van der Waals surface area contributed by atoms with Gasteiger partial charge >= 0.3 is 6.36 Å². The Bertz CT molecular complexity index is 748. The van der Waals surface area contributed by atoms with Gasteiger partial charge in [-0.2, -0.15) is 0 Å². The molecule has 0 aromatic heterocycles. The summed E-state index contributed by atoms with van der Waals surface area (Å²) in [7, 11) is 0. The van der Waals surface area contributed by atoms with Gasteiger partial charge in [-0.05, 0) is 61.9 Å². The summed E-state index contributed by atoms with van der Waals surface area (Å²) < 4.78 is 45.6. The number of carbonyl (C=O) groups is 1. The molecule has 0 fully saturated rings. The van der Waals surface area contributed by atoms with E-state index in [0.29, 0.717) is 16.5 Å². The zero-order valence-electron chi connectivity index (χ0n) is 13.4. The Hall–Kier alpha value is -2.41. The molecule has 1 amide bonds. The van der Waals surface area contributed by atoms with Crippen LogP contribution in [0.15, 0.2) is 42.5 Å². The molecular formula is C17H15ClF3NO3. The first-order valence-electron chi connectivity index (χ1n) is 7.23. The van der Waals surface area contributed by atoms with Gasteiger partial charge in [-0.3, -0.25) is 4.79 Å². The van der Waals surface area contributed by atoms with Crippen molar-refractivity contribution in [3.8, 4) is 11.5 Å². The molecule has 0 saturated carbocycles. The lowest BCUT2D eigenvalue weighted by Gasteiger charge is -2.15. The Morgan fingerprint density at radius 3 is 2.28 bits per heavy atom. The van der Waals surface area contributed by atoms with Crippen molar-refractivity contribution in [1.82, 2.24) is 0 Å². The molecule has 0 radical (unpaired) electrons. The second kappa shape index (κ2) is 7.65. The minimum Gasteiger partial charge on any atom is -0.481 e. The molecule has 0 saturated heterocycles. The number of hydrogen-bond donors (Lipinski definition) is 1. The Morgan fingerprint density at radius 2 is 1.72 bits per heavy atom. The third-order valence-electron chi connectivity index (χ3n) is 3.17. The van der Waals surface area contributed by atoms with Gasteiger partial charge < -0.3 is 14.8 Å². The molecule has 8 heteroatoms. The monoisotopic (exact) mass is 373 g/mol. The number of amides is 1. The van der Waals surface area contributed by atoms with E-state index in [-0.39, 0.29) is 5.75 Å². The van der Waals surface area contributed by atoms with Gasteiger partial charge in [0, 0.05) is 10.7 Å². The summed E-state index contributed by atoms with van der Waals surface area (Å²) in [5.74, 6) is -0.331. The van der Waals surface area contributed by atoms with Crippen LogP contribution in [0.3, 0.4) is 0 Å². The Balaban J connectivity index is 1.95. The van der Waals surface area contributed by atoms with Gasteiger partial charge in [0.1, 0.15) is 11.5 Å². The number of carbonyl (C=O) groups excluding carboxylic acids is 1. The number of alkyl halides is 3. The topological polar surface area (TPSA) is 47.6 Å². The first-order valence-corrected chi connectivity index (χ1v) is 7.61. The molecule has 2 aromatic carbocycles. The molecule has 2 aromatic rings. The molecule has 134 valence electrons. The number of anilines is 1. The van der Waals surface area contributed by atoms with Crippen LogP contribution in [-0.2, 0) is 4.79 Å². The van der Waals surface area contributed by atoms with E-state index in [4.69, 9.17) is 16.3 Å². The minimum atomic E-state index is -4.76. The third kappa shape index (κ3) is 5.86. The van der Waals surface area contributed by atoms with Crippen LogP contribution in [0.4, 0.5) is 18.9 Å². The van der Waals surface area contributed by atoms with Gasteiger partial charge in [0.2, 0.25) is 0 Å². The van der Waals surface area contributed by atoms with Crippen LogP contribution in [0.2, 0.25) is 5.02 Å². The maximum Gasteiger partial charge on any atom is 0.573 e. The fraction of sp³-hybridized carbons (Fsp3) is 0.235. The summed E-state index contributed by atoms with van der Waals surface area (Å²) in [6.45, 7) is 3.37. The SMILES string of the molecule is Cc1cc(OC(C)C(=O)Nc2ccc(OC(F)(F)F)cc2)ccc1Cl. The van der Waals surface area contributed by atoms with Gasteiger partial charge in [0.15, 0.2) is 6.10 Å². The van der Waals surface area contributed by atoms with Crippen molar-refractivity contribution in [2.45, 2.75) is 26.3 Å². The Morgan fingerprint density at radius 1 is 1.12 bits per heavy atom. The van der Waals surface area contributed by atoms with Gasteiger partial charge in [-0.25, -0.2) is 0 Å². The first-order chi connectivity index (χ1) is 11.6. The predicted octanol–water partition coefficient (Wildman–Crippen LogP) is 4.95. The first kappa shape index (κ1) is 18.9. The predicted molar refractivity (Wildman–Crippen MR) is 88.0 cm³/mol. The molecule has 1 atom stereocenters. The van der Waals surface area contributed by atoms with Crippen molar-refractivity contribution < 1.29 is 27.4 Å². The standard InChI is InChI=1S/C17H15ClF3NO3/c1-10-9-14(7-8-15(10)18)24-11(2)16(23)22-12-3-5-13(6-4-12)25-17(19,20)21/h3-9,11H,1-2H3,(H,22,23). The summed E-state index contributed by atoms with van der Waals surface area (Å²) in [4.78, 5) is 12.1. The van der Waals surface area contributed by atoms with Crippen LogP contribution in [0.5, 0.6) is 11.5 Å². The van der Waals surface area contributed by atoms with Crippen LogP contribution in [-0.4, -0.2) is 18.4 Å². The fourth-order valence-electron chi connectivity index (χ4n) is 1.93. The highest BCUT2D eigenvalue weighted by Crippen LogP contribution is 2.24. The number of nitrogens with one attached hydrogen (secondary N) is 1. The highest BCUT2D eigenvalue weighted by atomic mass is 35.5. The molecule has 4 nitrogen and oxygen atoms in total. The largest absolute Gasteiger partial charge is 0.573 e. The summed E-state index contributed by atoms with van der Waals surface area (Å²) in [5.41, 5.74) is 1.13. The maximum absolute atomic E-state index is 12.1. The molecule has 0 aliphatic carbocycles. The van der Waals surface area contributed by atoms with E-state index in [1.54, 1.807) is 25.1 Å². The molecule has 1 unspecified atom stereocenters. The van der Waals surface area contributed by atoms with Gasteiger partial charge in [-0.1, -0.05) is 11.6 Å². The smallest absolute Gasteiger partial charge is 0.481 e. The summed E-state index contributed by atoms with van der Waals surface area (Å²) in [6.07, 6.45) is -5.57. The Kier molecular flexibility index (Phi) is 5.79. The van der Waals surface area contributed by atoms with Crippen molar-refractivity contribution in [2.24, 2.45) is 0 Å². The highest BCUT2D eigenvalue weighted by Gasteiger charge is 2.31. The molecule has 25 heavy (non-hydrogen) atoms. The normalized spacial score (nSPS) is 12.4. The van der Waals surface area contributed by atoms with Crippen molar-refractivity contribution in [3.63, 3.8) is 0 Å². The number of aryl methyl sites for hydroxylation is 1. The van der Waals surface area contributed by atoms with Crippen molar-refractivity contribution >= 4 is 23.2 Å². The quantitative estimate of drug-likeness (QED) is 0.806. The van der Waals surface area contributed by atoms with E-state index in [1.807, 2.05) is 6.92 Å². The molecule has 2 rings (SSSR count). The minimum absolute atomic E-state index is 0.322. The molecule has 0 heterocycles. The number of hydrogen-bond acceptors (Lipinski definition) is 3. The van der Waals surface area contributed by atoms with Gasteiger partial charge in [0.25, 0.3) is 5.91 Å². The zero-order chi connectivity index (χ0) is 18.6. The molecule has 1 N–H and O–H groups in total. The second-order valence-electron chi connectivity index (χ2n) is 5.23. The molecule has 0 bridgehead atoms. The van der Waals surface area contributed by atoms with E-state index in [9.17, 15) is 18.0 Å². The summed E-state index contributed by atoms with van der Waals surface area (Å²) in [6, 6.07) is 9.83. The van der Waals surface area contributed by atoms with Crippen LogP contribution >= 0.6 is 11.6 Å². The van der Waals surface area contributed by atoms with Crippen molar-refractivity contribution in [3.05, 3.63) is 53.1 Å². The summed E-state index contributed by atoms with van der Waals surface area (Å²) >= 11 is 5.92. The average molecular weight is 374 g/mol. The van der Waals surface area contributed by atoms with Crippen molar-refractivity contribution in [1.29, 1.82) is 0 Å². The lowest BCUT2D eigenvalue weighted by Crippen LogP contribution is -2.30. The number of ether oxygens (including phenoxy) is 2. The maximum atomic E-state index is 12.1. The molecule has 0 aliphatic heterocycles. The van der Waals surface area contributed by atoms with Crippen LogP contribution < -0.4 is 14.8 Å². The fourth-order valence-corrected chi connectivity index (χ4v) is 2.05. The zero-order valence-corrected chi connectivity index (χ0v) is 14.1. The second-order valence-corrected chi connectivity index (χ2v) is 5.64. The van der Waals surface area contributed by atoms with Gasteiger partial charge in [-0.15, -0.1) is 13.2 Å². The summed E-state index contributed by atoms with van der Waals surface area (Å²) in [5, 5.41) is 3.14. The van der Waals surface area contributed by atoms with Crippen molar-refractivity contribution in [2.75, 3.05) is 5.32 Å². The highest BCUT2D eigenvalue weighted by molar-refractivity contribution is 6.31. The Labute approximate surface area is 147 Å². The number of benzene rings is 2. The van der Waals surface area contributed by atoms with E-state index in [0.717, 1.165) is 17.7 Å². The van der Waals surface area contributed by atoms with E-state index < -0.39 is 18.4 Å². The van der Waals surface area contributed by atoms with Gasteiger partial charge in [0.05, 0.1) is 0 Å². The molecular weight excluding hydrogens is 359 g/mol. The van der Waals surface area contributed by atoms with Crippen LogP contribution in [0.25, 0.3) is 0 Å². The lowest BCUT2D eigenvalue weighted by atomic mass is 10.2. The average Bonchev–Trinajstić information content (AvgIpc) is 2.51. The lowest BCUT2D eigenvalue weighted by molar-refractivity contribution is -0.274. The third-order valence-corrected chi connectivity index (χ3v) is 3.59. The molecule has 0 spiro atoms. The number of rotatable bonds is 5. The van der Waals surface area contributed by atoms with E-state index in [2.05, 4.69) is 10.1 Å². The van der Waals surface area contributed by atoms with E-state index in [1.165, 1.54) is 12.1 Å². The van der Waals surface area contributed by atoms with E-state index >= 15 is 0 Å². The molecule has 0 aliphatic rings.